The van der Waals surface area contributed by atoms with Crippen LogP contribution < -0.4 is 16.2 Å². The summed E-state index contributed by atoms with van der Waals surface area (Å²) in [5.74, 6) is -0.570. The number of anilines is 1. The lowest BCUT2D eigenvalue weighted by molar-refractivity contribution is -0.121. The Kier molecular flexibility index (Phi) is 7.41. The first-order valence-electron chi connectivity index (χ1n) is 10.5. The summed E-state index contributed by atoms with van der Waals surface area (Å²) in [5.41, 5.74) is 0.898. The molecule has 3 rings (SSSR count). The lowest BCUT2D eigenvalue weighted by Crippen LogP contribution is -2.43. The van der Waals surface area contributed by atoms with Crippen LogP contribution in [0.3, 0.4) is 0 Å². The van der Waals surface area contributed by atoms with Crippen molar-refractivity contribution in [2.45, 2.75) is 45.7 Å². The summed E-state index contributed by atoms with van der Waals surface area (Å²) in [4.78, 5) is 40.0. The maximum absolute atomic E-state index is 12.8. The number of hydrogen-bond acceptors (Lipinski definition) is 4. The van der Waals surface area contributed by atoms with Gasteiger partial charge in [0.1, 0.15) is 12.2 Å². The van der Waals surface area contributed by atoms with Gasteiger partial charge in [0.2, 0.25) is 5.91 Å². The van der Waals surface area contributed by atoms with Crippen molar-refractivity contribution in [1.29, 1.82) is 0 Å². The Morgan fingerprint density at radius 3 is 2.60 bits per heavy atom. The van der Waals surface area contributed by atoms with Gasteiger partial charge >= 0.3 is 0 Å². The molecule has 1 aliphatic rings. The van der Waals surface area contributed by atoms with Crippen LogP contribution in [0.25, 0.3) is 0 Å². The molecule has 1 atom stereocenters. The number of benzene rings is 1. The third-order valence-corrected chi connectivity index (χ3v) is 5.64. The van der Waals surface area contributed by atoms with Crippen LogP contribution in [0.5, 0.6) is 0 Å². The molecule has 1 aromatic carbocycles. The molecule has 0 bridgehead atoms. The van der Waals surface area contributed by atoms with Gasteiger partial charge in [-0.25, -0.2) is 0 Å². The molecule has 0 spiro atoms. The summed E-state index contributed by atoms with van der Waals surface area (Å²) in [6.07, 6.45) is 3.67. The molecule has 2 amide bonds. The molecule has 1 saturated heterocycles. The van der Waals surface area contributed by atoms with E-state index < -0.39 is 0 Å². The van der Waals surface area contributed by atoms with Crippen molar-refractivity contribution >= 4 is 17.5 Å². The first kappa shape index (κ1) is 21.8. The Morgan fingerprint density at radius 2 is 1.87 bits per heavy atom. The number of hydrogen-bond donors (Lipinski definition) is 2. The molecule has 1 aromatic heterocycles. The maximum Gasteiger partial charge on any atom is 0.274 e. The number of aryl methyl sites for hydroxylation is 1. The van der Waals surface area contributed by atoms with Crippen LogP contribution in [-0.2, 0) is 11.3 Å². The van der Waals surface area contributed by atoms with E-state index >= 15 is 0 Å². The van der Waals surface area contributed by atoms with Crippen molar-refractivity contribution in [3.63, 3.8) is 0 Å². The zero-order chi connectivity index (χ0) is 21.5. The molecule has 160 valence electrons. The van der Waals surface area contributed by atoms with Crippen molar-refractivity contribution in [1.82, 2.24) is 14.8 Å². The molecule has 1 fully saturated rings. The fraction of sp³-hybridized carbons (Fsp3) is 0.435. The summed E-state index contributed by atoms with van der Waals surface area (Å²) in [7, 11) is 0. The zero-order valence-corrected chi connectivity index (χ0v) is 17.7. The monoisotopic (exact) mass is 410 g/mol. The first-order chi connectivity index (χ1) is 14.5. The van der Waals surface area contributed by atoms with Gasteiger partial charge in [0, 0.05) is 30.4 Å². The Labute approximate surface area is 177 Å². The van der Waals surface area contributed by atoms with Crippen molar-refractivity contribution in [2.75, 3.05) is 25.0 Å². The van der Waals surface area contributed by atoms with Gasteiger partial charge in [-0.05, 0) is 57.5 Å². The molecule has 0 aliphatic carbocycles. The number of nitrogens with zero attached hydrogens (tertiary/aromatic N) is 2. The van der Waals surface area contributed by atoms with Crippen LogP contribution >= 0.6 is 0 Å². The van der Waals surface area contributed by atoms with Gasteiger partial charge in [0.15, 0.2) is 0 Å². The average molecular weight is 411 g/mol. The third-order valence-electron chi connectivity index (χ3n) is 5.64. The molecule has 0 radical (unpaired) electrons. The van der Waals surface area contributed by atoms with Crippen LogP contribution in [0, 0.1) is 6.92 Å². The number of pyridine rings is 1. The fourth-order valence-corrected chi connectivity index (χ4v) is 3.77. The van der Waals surface area contributed by atoms with Gasteiger partial charge in [-0.3, -0.25) is 19.3 Å². The number of carbonyl (C=O) groups excluding carboxylic acids is 2. The molecule has 1 aliphatic heterocycles. The standard InChI is InChI=1S/C23H30N4O3/c1-17-8-6-7-14-26(17)15-13-24-21(28)16-27-18(2)11-12-20(23(27)30)25-22(29)19-9-4-3-5-10-19/h3-5,9-12,17H,6-8,13-16H2,1-2H3,(H,24,28)(H,25,29). The molecule has 0 saturated carbocycles. The van der Waals surface area contributed by atoms with E-state index in [-0.39, 0.29) is 29.6 Å². The van der Waals surface area contributed by atoms with Gasteiger partial charge in [-0.1, -0.05) is 24.6 Å². The molecule has 7 nitrogen and oxygen atoms in total. The Morgan fingerprint density at radius 1 is 1.10 bits per heavy atom. The lowest BCUT2D eigenvalue weighted by atomic mass is 10.0. The minimum atomic E-state index is -0.390. The number of piperidine rings is 1. The van der Waals surface area contributed by atoms with Gasteiger partial charge < -0.3 is 15.2 Å². The maximum atomic E-state index is 12.8. The van der Waals surface area contributed by atoms with E-state index in [2.05, 4.69) is 22.5 Å². The largest absolute Gasteiger partial charge is 0.353 e. The minimum absolute atomic E-state index is 0.0741. The minimum Gasteiger partial charge on any atom is -0.353 e. The SMILES string of the molecule is Cc1ccc(NC(=O)c2ccccc2)c(=O)n1CC(=O)NCCN1CCCCC1C. The van der Waals surface area contributed by atoms with Crippen LogP contribution in [0.4, 0.5) is 5.69 Å². The van der Waals surface area contributed by atoms with Crippen LogP contribution in [0.1, 0.15) is 42.2 Å². The predicted octanol–water partition coefficient (Wildman–Crippen LogP) is 2.40. The van der Waals surface area contributed by atoms with Gasteiger partial charge in [0.05, 0.1) is 0 Å². The van der Waals surface area contributed by atoms with Gasteiger partial charge in [-0.15, -0.1) is 0 Å². The normalized spacial score (nSPS) is 16.8. The molecular weight excluding hydrogens is 380 g/mol. The smallest absolute Gasteiger partial charge is 0.274 e. The molecule has 30 heavy (non-hydrogen) atoms. The highest BCUT2D eigenvalue weighted by Crippen LogP contribution is 2.15. The first-order valence-corrected chi connectivity index (χ1v) is 10.5. The topological polar surface area (TPSA) is 83.4 Å². The number of carbonyl (C=O) groups is 2. The van der Waals surface area contributed by atoms with E-state index in [0.29, 0.717) is 23.8 Å². The van der Waals surface area contributed by atoms with Crippen molar-refractivity contribution in [2.24, 2.45) is 0 Å². The highest BCUT2D eigenvalue weighted by atomic mass is 16.2. The van der Waals surface area contributed by atoms with E-state index in [9.17, 15) is 14.4 Å². The number of nitrogens with one attached hydrogen (secondary N) is 2. The Hall–Kier alpha value is -2.93. The van der Waals surface area contributed by atoms with Gasteiger partial charge in [-0.2, -0.15) is 0 Å². The molecule has 2 N–H and O–H groups in total. The fourth-order valence-electron chi connectivity index (χ4n) is 3.77. The third kappa shape index (κ3) is 5.57. The number of likely N-dealkylation sites (tertiary alicyclic amines) is 1. The summed E-state index contributed by atoms with van der Waals surface area (Å²) in [6, 6.07) is 12.5. The molecule has 7 heteroatoms. The average Bonchev–Trinajstić information content (AvgIpc) is 2.75. The number of rotatable bonds is 7. The zero-order valence-electron chi connectivity index (χ0n) is 17.7. The molecule has 2 aromatic rings. The quantitative estimate of drug-likeness (QED) is 0.734. The van der Waals surface area contributed by atoms with E-state index in [1.807, 2.05) is 6.07 Å². The predicted molar refractivity (Wildman–Crippen MR) is 118 cm³/mol. The summed E-state index contributed by atoms with van der Waals surface area (Å²) >= 11 is 0. The van der Waals surface area contributed by atoms with Crippen LogP contribution in [0.15, 0.2) is 47.3 Å². The highest BCUT2D eigenvalue weighted by Gasteiger charge is 2.18. The summed E-state index contributed by atoms with van der Waals surface area (Å²) in [6.45, 7) is 6.36. The van der Waals surface area contributed by atoms with E-state index in [0.717, 1.165) is 13.1 Å². The Balaban J connectivity index is 1.60. The summed E-state index contributed by atoms with van der Waals surface area (Å²) in [5, 5.41) is 5.56. The highest BCUT2D eigenvalue weighted by molar-refractivity contribution is 6.04. The number of amides is 2. The summed E-state index contributed by atoms with van der Waals surface area (Å²) < 4.78 is 1.39. The second-order valence-corrected chi connectivity index (χ2v) is 7.83. The van der Waals surface area contributed by atoms with E-state index in [1.54, 1.807) is 43.3 Å². The van der Waals surface area contributed by atoms with E-state index in [4.69, 9.17) is 0 Å². The van der Waals surface area contributed by atoms with Crippen molar-refractivity contribution in [3.05, 3.63) is 64.1 Å². The van der Waals surface area contributed by atoms with Crippen LogP contribution in [0.2, 0.25) is 0 Å². The second kappa shape index (κ2) is 10.2. The van der Waals surface area contributed by atoms with Crippen LogP contribution in [-0.4, -0.2) is 47.0 Å². The van der Waals surface area contributed by atoms with Crippen molar-refractivity contribution in [3.8, 4) is 0 Å². The van der Waals surface area contributed by atoms with Gasteiger partial charge in [0.25, 0.3) is 11.5 Å². The Bertz CT molecular complexity index is 939. The molecular formula is C23H30N4O3. The van der Waals surface area contributed by atoms with E-state index in [1.165, 1.54) is 23.8 Å². The molecule has 2 heterocycles. The van der Waals surface area contributed by atoms with Crippen molar-refractivity contribution < 1.29 is 9.59 Å². The number of aromatic nitrogens is 1. The molecule has 1 unspecified atom stereocenters. The second-order valence-electron chi connectivity index (χ2n) is 7.83. The lowest BCUT2D eigenvalue weighted by Gasteiger charge is -2.33.